The molecule has 2 aromatic carbocycles. The van der Waals surface area contributed by atoms with Gasteiger partial charge in [-0.05, 0) is 59.3 Å². The Morgan fingerprint density at radius 1 is 1.18 bits per heavy atom. The van der Waals surface area contributed by atoms with E-state index in [-0.39, 0.29) is 22.6 Å². The van der Waals surface area contributed by atoms with E-state index in [1.807, 2.05) is 0 Å². The molecule has 0 bridgehead atoms. The normalized spacial score (nSPS) is 11.7. The molecule has 0 aliphatic heterocycles. The molecule has 1 heterocycles. The fourth-order valence-electron chi connectivity index (χ4n) is 2.94. The van der Waals surface area contributed by atoms with Gasteiger partial charge in [0, 0.05) is 21.7 Å². The highest BCUT2D eigenvalue weighted by atomic mass is 79.9. The van der Waals surface area contributed by atoms with Crippen LogP contribution in [-0.2, 0) is 11.3 Å². The molecule has 34 heavy (non-hydrogen) atoms. The molecule has 0 aliphatic carbocycles. The van der Waals surface area contributed by atoms with E-state index in [9.17, 15) is 9.59 Å². The first-order valence-corrected chi connectivity index (χ1v) is 12.8. The zero-order valence-corrected chi connectivity index (χ0v) is 22.5. The first-order chi connectivity index (χ1) is 16.2. The highest BCUT2D eigenvalue weighted by Crippen LogP contribution is 2.27. The number of allylic oxidation sites excluding steroid dienone is 1. The SMILES string of the molecule is C=CCn1c(SCC(=O)Nc2ccc(Br)c(Cl)c2)nnc1C(C)NC(=O)c1ccc(Cl)cc1Cl. The monoisotopic (exact) mass is 601 g/mol. The van der Waals surface area contributed by atoms with E-state index >= 15 is 0 Å². The second kappa shape index (κ2) is 12.1. The molecule has 0 saturated carbocycles. The summed E-state index contributed by atoms with van der Waals surface area (Å²) in [5.41, 5.74) is 0.885. The first kappa shape index (κ1) is 26.6. The molecule has 0 fully saturated rings. The third-order valence-electron chi connectivity index (χ3n) is 4.50. The zero-order chi connectivity index (χ0) is 24.8. The lowest BCUT2D eigenvalue weighted by Crippen LogP contribution is -2.29. The topological polar surface area (TPSA) is 88.9 Å². The zero-order valence-electron chi connectivity index (χ0n) is 17.8. The number of carbonyl (C=O) groups excluding carboxylic acids is 2. The summed E-state index contributed by atoms with van der Waals surface area (Å²) in [5, 5.41) is 15.8. The number of hydrogen-bond donors (Lipinski definition) is 2. The predicted molar refractivity (Wildman–Crippen MR) is 141 cm³/mol. The van der Waals surface area contributed by atoms with Crippen LogP contribution in [0.2, 0.25) is 15.1 Å². The molecule has 0 radical (unpaired) electrons. The van der Waals surface area contributed by atoms with Crippen LogP contribution in [0.15, 0.2) is 58.7 Å². The highest BCUT2D eigenvalue weighted by molar-refractivity contribution is 9.10. The Kier molecular flexibility index (Phi) is 9.44. The van der Waals surface area contributed by atoms with Crippen molar-refractivity contribution in [3.05, 3.63) is 80.0 Å². The van der Waals surface area contributed by atoms with Gasteiger partial charge in [-0.3, -0.25) is 9.59 Å². The molecule has 1 atom stereocenters. The molecule has 7 nitrogen and oxygen atoms in total. The standard InChI is InChI=1S/C22H19BrCl3N5O2S/c1-3-8-31-20(12(2)27-21(33)15-6-4-13(24)9-17(15)25)29-30-22(31)34-11-19(32)28-14-5-7-16(23)18(26)10-14/h3-7,9-10,12H,1,8,11H2,2H3,(H,27,33)(H,28,32). The maximum Gasteiger partial charge on any atom is 0.253 e. The number of nitrogens with zero attached hydrogens (tertiary/aromatic N) is 3. The quantitative estimate of drug-likeness (QED) is 0.218. The van der Waals surface area contributed by atoms with Crippen LogP contribution in [0, 0.1) is 0 Å². The fraction of sp³-hybridized carbons (Fsp3) is 0.182. The maximum atomic E-state index is 12.7. The molecule has 0 saturated heterocycles. The third-order valence-corrected chi connectivity index (χ3v) is 7.25. The van der Waals surface area contributed by atoms with Crippen LogP contribution in [-0.4, -0.2) is 32.3 Å². The smallest absolute Gasteiger partial charge is 0.253 e. The Balaban J connectivity index is 1.68. The van der Waals surface area contributed by atoms with E-state index in [0.29, 0.717) is 38.8 Å². The number of rotatable bonds is 9. The van der Waals surface area contributed by atoms with E-state index in [2.05, 4.69) is 43.3 Å². The van der Waals surface area contributed by atoms with Gasteiger partial charge in [0.25, 0.3) is 5.91 Å². The lowest BCUT2D eigenvalue weighted by Gasteiger charge is -2.16. The number of carbonyl (C=O) groups is 2. The number of benzene rings is 2. The van der Waals surface area contributed by atoms with Crippen molar-refractivity contribution >= 4 is 80.0 Å². The average Bonchev–Trinajstić information content (AvgIpc) is 3.17. The van der Waals surface area contributed by atoms with Crippen molar-refractivity contribution in [2.45, 2.75) is 24.7 Å². The molecule has 2 amide bonds. The van der Waals surface area contributed by atoms with Gasteiger partial charge in [0.05, 0.1) is 27.4 Å². The van der Waals surface area contributed by atoms with E-state index in [1.165, 1.54) is 17.8 Å². The summed E-state index contributed by atoms with van der Waals surface area (Å²) in [6.45, 7) is 5.95. The van der Waals surface area contributed by atoms with Crippen molar-refractivity contribution in [3.8, 4) is 0 Å². The lowest BCUT2D eigenvalue weighted by atomic mass is 10.2. The number of thioether (sulfide) groups is 1. The molecule has 1 aromatic heterocycles. The van der Waals surface area contributed by atoms with Crippen molar-refractivity contribution in [2.75, 3.05) is 11.1 Å². The van der Waals surface area contributed by atoms with Crippen LogP contribution in [0.3, 0.4) is 0 Å². The third kappa shape index (κ3) is 6.76. The van der Waals surface area contributed by atoms with Crippen LogP contribution in [0.25, 0.3) is 0 Å². The van der Waals surface area contributed by atoms with Gasteiger partial charge in [-0.2, -0.15) is 0 Å². The van der Waals surface area contributed by atoms with Gasteiger partial charge in [0.1, 0.15) is 0 Å². The summed E-state index contributed by atoms with van der Waals surface area (Å²) in [6, 6.07) is 9.32. The van der Waals surface area contributed by atoms with E-state index in [1.54, 1.807) is 47.9 Å². The van der Waals surface area contributed by atoms with Crippen molar-refractivity contribution in [3.63, 3.8) is 0 Å². The number of anilines is 1. The van der Waals surface area contributed by atoms with Gasteiger partial charge in [-0.15, -0.1) is 16.8 Å². The minimum Gasteiger partial charge on any atom is -0.342 e. The van der Waals surface area contributed by atoms with Crippen LogP contribution in [0.5, 0.6) is 0 Å². The minimum atomic E-state index is -0.486. The number of nitrogens with one attached hydrogen (secondary N) is 2. The second-order valence-electron chi connectivity index (χ2n) is 7.03. The van der Waals surface area contributed by atoms with Gasteiger partial charge in [-0.25, -0.2) is 0 Å². The van der Waals surface area contributed by atoms with Crippen molar-refractivity contribution in [1.29, 1.82) is 0 Å². The predicted octanol–water partition coefficient (Wildman–Crippen LogP) is 6.41. The Morgan fingerprint density at radius 2 is 1.94 bits per heavy atom. The average molecular weight is 604 g/mol. The fourth-order valence-corrected chi connectivity index (χ4v) is 4.62. The van der Waals surface area contributed by atoms with Crippen LogP contribution >= 0.6 is 62.5 Å². The van der Waals surface area contributed by atoms with Gasteiger partial charge in [0.2, 0.25) is 5.91 Å². The van der Waals surface area contributed by atoms with Crippen molar-refractivity contribution < 1.29 is 9.59 Å². The number of amides is 2. The summed E-state index contributed by atoms with van der Waals surface area (Å²) < 4.78 is 2.53. The molecular weight excluding hydrogens is 585 g/mol. The Labute approximate surface area is 224 Å². The summed E-state index contributed by atoms with van der Waals surface area (Å²) >= 11 is 22.7. The van der Waals surface area contributed by atoms with Gasteiger partial charge in [-0.1, -0.05) is 52.6 Å². The highest BCUT2D eigenvalue weighted by Gasteiger charge is 2.21. The van der Waals surface area contributed by atoms with Gasteiger partial charge in [0.15, 0.2) is 11.0 Å². The minimum absolute atomic E-state index is 0.101. The summed E-state index contributed by atoms with van der Waals surface area (Å²) in [5.74, 6) is 0.0196. The molecule has 3 aromatic rings. The molecule has 2 N–H and O–H groups in total. The molecule has 0 spiro atoms. The van der Waals surface area contributed by atoms with E-state index in [4.69, 9.17) is 34.8 Å². The van der Waals surface area contributed by atoms with Gasteiger partial charge < -0.3 is 15.2 Å². The first-order valence-electron chi connectivity index (χ1n) is 9.87. The van der Waals surface area contributed by atoms with Crippen molar-refractivity contribution in [1.82, 2.24) is 20.1 Å². The summed E-state index contributed by atoms with van der Waals surface area (Å²) in [4.78, 5) is 25.1. The Hall–Kier alpha value is -2.04. The molecule has 178 valence electrons. The molecule has 1 unspecified atom stereocenters. The second-order valence-corrected chi connectivity index (χ2v) is 10.1. The number of halogens is 4. The largest absolute Gasteiger partial charge is 0.342 e. The summed E-state index contributed by atoms with van der Waals surface area (Å²) in [7, 11) is 0. The van der Waals surface area contributed by atoms with Crippen LogP contribution in [0.4, 0.5) is 5.69 Å². The number of hydrogen-bond acceptors (Lipinski definition) is 5. The number of aromatic nitrogens is 3. The maximum absolute atomic E-state index is 12.7. The van der Waals surface area contributed by atoms with Crippen LogP contribution < -0.4 is 10.6 Å². The lowest BCUT2D eigenvalue weighted by molar-refractivity contribution is -0.113. The molecule has 12 heteroatoms. The molecule has 3 rings (SSSR count). The van der Waals surface area contributed by atoms with E-state index in [0.717, 1.165) is 4.47 Å². The van der Waals surface area contributed by atoms with Crippen molar-refractivity contribution in [2.24, 2.45) is 0 Å². The van der Waals surface area contributed by atoms with Crippen LogP contribution in [0.1, 0.15) is 29.1 Å². The Bertz CT molecular complexity index is 1240. The van der Waals surface area contributed by atoms with Gasteiger partial charge >= 0.3 is 0 Å². The molecular formula is C22H19BrCl3N5O2S. The Morgan fingerprint density at radius 3 is 2.62 bits per heavy atom. The summed E-state index contributed by atoms with van der Waals surface area (Å²) in [6.07, 6.45) is 1.69. The molecule has 0 aliphatic rings. The van der Waals surface area contributed by atoms with E-state index < -0.39 is 6.04 Å².